The van der Waals surface area contributed by atoms with Crippen LogP contribution >= 0.6 is 0 Å². The van der Waals surface area contributed by atoms with Crippen LogP contribution in [0.1, 0.15) is 0 Å². The van der Waals surface area contributed by atoms with Gasteiger partial charge in [-0.15, -0.1) is 0 Å². The number of rotatable bonds is 13. The maximum Gasteiger partial charge on any atom is 0.145 e. The van der Waals surface area contributed by atoms with Crippen molar-refractivity contribution in [2.75, 3.05) is 14.7 Å². The standard InChI is InChI=1S/C52H33NO.C48H31NO.C40H25NO/c1-2-15-35(16-3-1)49-43-23-8-6-20-40(43)41-21-7-9-24-44(41)50(49)37-28-31-38(32-29-37)53(46-25-12-17-34-14-4-5-19-39(34)46)47-26-13-18-36-30-33-45-42-22-10-11-27-48(42)54-52(45)51(36)47;1-2-11-32(12-3-1)33-21-26-37(27-22-33)49(45-19-10-14-35-25-30-43-42-18-8-9-20-46(42)50-48(43)47(35)45)38-28-23-34(24-29-38)44-31-36-13-4-5-15-39(36)40-16-6-7-17-41(40)44;1-3-13-31-27(10-1)19-20-29-25-30(22-24-32(29)31)41(36-16-7-11-26-9-2-4-14-33(26)36)37-17-8-12-28-21-23-35-34-15-5-6-18-38(34)42-40(35)39(28)37/h1-33H;1-31H;1-25H. The summed E-state index contributed by atoms with van der Waals surface area (Å²) in [5, 5.41) is 33.4. The molecular formula is C140H89N3O3. The summed E-state index contributed by atoms with van der Waals surface area (Å²) in [6.45, 7) is 0. The van der Waals surface area contributed by atoms with E-state index in [1.165, 1.54) is 131 Å². The Kier molecular flexibility index (Phi) is 20.5. The second kappa shape index (κ2) is 35.4. The molecule has 30 rings (SSSR count). The van der Waals surface area contributed by atoms with Crippen molar-refractivity contribution in [1.82, 2.24) is 0 Å². The maximum atomic E-state index is 6.70. The van der Waals surface area contributed by atoms with Gasteiger partial charge in [-0.05, 0) is 257 Å². The Morgan fingerprint density at radius 3 is 0.863 bits per heavy atom. The normalized spacial score (nSPS) is 11.7. The molecule has 682 valence electrons. The lowest BCUT2D eigenvalue weighted by Gasteiger charge is -2.28. The Bertz CT molecular complexity index is 10400. The lowest BCUT2D eigenvalue weighted by molar-refractivity contribution is 0.672. The predicted octanol–water partition coefficient (Wildman–Crippen LogP) is 40.5. The Morgan fingerprint density at radius 2 is 0.397 bits per heavy atom. The van der Waals surface area contributed by atoms with Crippen LogP contribution in [0.5, 0.6) is 0 Å². The number of hydrogen-bond donors (Lipinski definition) is 0. The highest BCUT2D eigenvalue weighted by atomic mass is 16.3. The van der Waals surface area contributed by atoms with E-state index in [-0.39, 0.29) is 0 Å². The molecule has 0 fully saturated rings. The summed E-state index contributed by atoms with van der Waals surface area (Å²) in [4.78, 5) is 7.19. The molecule has 0 aliphatic rings. The zero-order valence-corrected chi connectivity index (χ0v) is 79.5. The average Bonchev–Trinajstić information content (AvgIpc) is 1.45. The van der Waals surface area contributed by atoms with E-state index >= 15 is 0 Å². The third-order valence-corrected chi connectivity index (χ3v) is 29.7. The van der Waals surface area contributed by atoms with Gasteiger partial charge in [-0.2, -0.15) is 0 Å². The van der Waals surface area contributed by atoms with Crippen LogP contribution in [0.4, 0.5) is 51.2 Å². The smallest absolute Gasteiger partial charge is 0.145 e. The Hall–Kier alpha value is -19.4. The molecular weight excluding hydrogens is 1770 g/mol. The molecule has 6 nitrogen and oxygen atoms in total. The third kappa shape index (κ3) is 14.4. The largest absolute Gasteiger partial charge is 0.455 e. The number of nitrogens with zero attached hydrogens (tertiary/aromatic N) is 3. The molecule has 0 N–H and O–H groups in total. The first kappa shape index (κ1) is 84.7. The van der Waals surface area contributed by atoms with Crippen molar-refractivity contribution in [2.24, 2.45) is 0 Å². The van der Waals surface area contributed by atoms with Gasteiger partial charge in [-0.3, -0.25) is 0 Å². The maximum absolute atomic E-state index is 6.70. The van der Waals surface area contributed by atoms with E-state index in [0.29, 0.717) is 0 Å². The second-order valence-electron chi connectivity index (χ2n) is 37.8. The van der Waals surface area contributed by atoms with Crippen molar-refractivity contribution < 1.29 is 13.3 Å². The zero-order valence-electron chi connectivity index (χ0n) is 79.5. The van der Waals surface area contributed by atoms with Gasteiger partial charge in [0, 0.05) is 82.0 Å². The van der Waals surface area contributed by atoms with Crippen LogP contribution in [0.15, 0.2) is 553 Å². The topological polar surface area (TPSA) is 49.1 Å². The second-order valence-corrected chi connectivity index (χ2v) is 37.8. The van der Waals surface area contributed by atoms with E-state index in [1.54, 1.807) is 0 Å². The zero-order chi connectivity index (χ0) is 96.2. The molecule has 27 aromatic carbocycles. The fraction of sp³-hybridized carbons (Fsp3) is 0. The van der Waals surface area contributed by atoms with Crippen LogP contribution in [-0.4, -0.2) is 0 Å². The average molecular weight is 1860 g/mol. The quantitative estimate of drug-likeness (QED) is 0.107. The summed E-state index contributed by atoms with van der Waals surface area (Å²) < 4.78 is 19.9. The lowest BCUT2D eigenvalue weighted by atomic mass is 9.85. The number of fused-ring (bicyclic) bond motifs is 26. The molecule has 0 bridgehead atoms. The first-order chi connectivity index (χ1) is 72.4. The molecule has 0 saturated carbocycles. The summed E-state index contributed by atoms with van der Waals surface area (Å²) in [5.41, 5.74) is 24.9. The first-order valence-electron chi connectivity index (χ1n) is 50.0. The summed E-state index contributed by atoms with van der Waals surface area (Å²) in [6.07, 6.45) is 0. The molecule has 0 unspecified atom stereocenters. The highest BCUT2D eigenvalue weighted by Gasteiger charge is 2.28. The fourth-order valence-electron chi connectivity index (χ4n) is 23.0. The van der Waals surface area contributed by atoms with E-state index in [2.05, 4.69) is 536 Å². The van der Waals surface area contributed by atoms with Gasteiger partial charge in [0.1, 0.15) is 33.5 Å². The summed E-state index contributed by atoms with van der Waals surface area (Å²) in [5.74, 6) is 0. The molecule has 0 atom stereocenters. The summed E-state index contributed by atoms with van der Waals surface area (Å²) >= 11 is 0. The molecule has 0 radical (unpaired) electrons. The van der Waals surface area contributed by atoms with Crippen LogP contribution in [0.2, 0.25) is 0 Å². The van der Waals surface area contributed by atoms with Gasteiger partial charge in [-0.25, -0.2) is 0 Å². The van der Waals surface area contributed by atoms with E-state index < -0.39 is 0 Å². The number of benzene rings is 27. The van der Waals surface area contributed by atoms with Gasteiger partial charge < -0.3 is 28.0 Å². The molecule has 0 aliphatic heterocycles. The molecule has 30 aromatic rings. The molecule has 0 amide bonds. The summed E-state index contributed by atoms with van der Waals surface area (Å²) in [7, 11) is 0. The Morgan fingerprint density at radius 1 is 0.130 bits per heavy atom. The van der Waals surface area contributed by atoms with E-state index in [4.69, 9.17) is 13.3 Å². The predicted molar refractivity (Wildman–Crippen MR) is 620 cm³/mol. The molecule has 0 saturated heterocycles. The van der Waals surface area contributed by atoms with Gasteiger partial charge in [0.25, 0.3) is 0 Å². The van der Waals surface area contributed by atoms with Crippen LogP contribution in [0.25, 0.3) is 229 Å². The number of para-hydroxylation sites is 3. The fourth-order valence-corrected chi connectivity index (χ4v) is 23.0. The van der Waals surface area contributed by atoms with Crippen LogP contribution in [-0.2, 0) is 0 Å². The van der Waals surface area contributed by atoms with Gasteiger partial charge >= 0.3 is 0 Å². The van der Waals surface area contributed by atoms with Crippen molar-refractivity contribution in [2.45, 2.75) is 0 Å². The molecule has 0 spiro atoms. The number of furan rings is 3. The van der Waals surface area contributed by atoms with Gasteiger partial charge in [0.15, 0.2) is 0 Å². The van der Waals surface area contributed by atoms with E-state index in [0.717, 1.165) is 149 Å². The molecule has 6 heteroatoms. The van der Waals surface area contributed by atoms with Crippen molar-refractivity contribution in [1.29, 1.82) is 0 Å². The Labute approximate surface area is 841 Å². The van der Waals surface area contributed by atoms with E-state index in [9.17, 15) is 0 Å². The minimum absolute atomic E-state index is 0.896. The van der Waals surface area contributed by atoms with Crippen LogP contribution < -0.4 is 14.7 Å². The van der Waals surface area contributed by atoms with Gasteiger partial charge in [0.2, 0.25) is 0 Å². The summed E-state index contributed by atoms with van der Waals surface area (Å²) in [6, 6.07) is 194. The van der Waals surface area contributed by atoms with Crippen LogP contribution in [0.3, 0.4) is 0 Å². The molecule has 3 heterocycles. The SMILES string of the molecule is c1ccc(-c2c(-c3ccc(N(c4cccc5ccccc45)c4cccc5ccc6c7ccccc7oc6c45)cc3)c3ccccc3c3ccccc23)cc1.c1ccc(-c2ccc(N(c3ccc(-c4cc5ccccc5c5ccccc45)cc3)c3cccc4ccc5c6ccccc6oc5c34)cc2)cc1.c1ccc2c(N(c3ccc4c(ccc5ccccc54)c3)c3cccc4ccc5c6ccccc6oc5c34)cccc2c1. The van der Waals surface area contributed by atoms with Gasteiger partial charge in [-0.1, -0.05) is 419 Å². The molecule has 146 heavy (non-hydrogen) atoms. The number of hydrogen-bond acceptors (Lipinski definition) is 6. The highest BCUT2D eigenvalue weighted by molar-refractivity contribution is 6.26. The third-order valence-electron chi connectivity index (χ3n) is 29.7. The van der Waals surface area contributed by atoms with Crippen LogP contribution in [0, 0.1) is 0 Å². The van der Waals surface area contributed by atoms with E-state index in [1.807, 2.05) is 18.2 Å². The molecule has 3 aromatic heterocycles. The van der Waals surface area contributed by atoms with Gasteiger partial charge in [0.05, 0.1) is 28.4 Å². The van der Waals surface area contributed by atoms with Crippen molar-refractivity contribution in [3.8, 4) is 44.5 Å². The lowest BCUT2D eigenvalue weighted by Crippen LogP contribution is -2.11. The minimum atomic E-state index is 0.896. The van der Waals surface area contributed by atoms with Crippen molar-refractivity contribution in [3.05, 3.63) is 540 Å². The van der Waals surface area contributed by atoms with Crippen molar-refractivity contribution >= 4 is 235 Å². The van der Waals surface area contributed by atoms with Crippen molar-refractivity contribution in [3.63, 3.8) is 0 Å². The Balaban J connectivity index is 0.000000107. The molecule has 0 aliphatic carbocycles. The monoisotopic (exact) mass is 1860 g/mol. The minimum Gasteiger partial charge on any atom is -0.455 e. The highest BCUT2D eigenvalue weighted by Crippen LogP contribution is 2.53. The first-order valence-corrected chi connectivity index (χ1v) is 50.0. The number of anilines is 9.